The Hall–Kier alpha value is 0.196. The van der Waals surface area contributed by atoms with Gasteiger partial charge in [-0.05, 0) is 11.7 Å². The summed E-state index contributed by atoms with van der Waals surface area (Å²) in [6, 6.07) is 9.86. The smallest absolute Gasteiger partial charge is 0.349 e. The van der Waals surface area contributed by atoms with E-state index in [2.05, 4.69) is 11.1 Å². The molecule has 2 rings (SSSR count). The summed E-state index contributed by atoms with van der Waals surface area (Å²) in [6.07, 6.45) is 1.17. The second-order valence-electron chi connectivity index (χ2n) is 2.25. The Morgan fingerprint density at radius 3 is 2.83 bits per heavy atom. The van der Waals surface area contributed by atoms with Gasteiger partial charge in [0.2, 0.25) is 0 Å². The molecule has 0 aliphatic rings. The molecule has 1 aromatic heterocycles. The zero-order valence-electron chi connectivity index (χ0n) is 6.71. The van der Waals surface area contributed by atoms with E-state index in [0.29, 0.717) is 5.39 Å². The summed E-state index contributed by atoms with van der Waals surface area (Å²) in [5.74, 6) is -0.413. The molecule has 0 aliphatic carbocycles. The molecule has 0 radical (unpaired) electrons. The predicted octanol–water partition coefficient (Wildman–Crippen LogP) is -0.822. The molecule has 12 heavy (non-hydrogen) atoms. The molecule has 1 aromatic carbocycles. The van der Waals surface area contributed by atoms with Gasteiger partial charge >= 0.3 is 51.4 Å². The summed E-state index contributed by atoms with van der Waals surface area (Å²) >= 11 is 0. The minimum Gasteiger partial charge on any atom is -0.349 e. The molecule has 1 heterocycles. The van der Waals surface area contributed by atoms with Gasteiger partial charge in [-0.1, -0.05) is 12.1 Å². The Balaban J connectivity index is 0.000000720. The average Bonchev–Trinajstić information content (AvgIpc) is 2.04. The third-order valence-corrected chi connectivity index (χ3v) is 1.48. The normalized spacial score (nSPS) is 9.42. The quantitative estimate of drug-likeness (QED) is 0.386. The van der Waals surface area contributed by atoms with Crippen molar-refractivity contribution in [2.45, 2.75) is 0 Å². The van der Waals surface area contributed by atoms with Crippen LogP contribution >= 0.6 is 0 Å². The van der Waals surface area contributed by atoms with Gasteiger partial charge in [-0.3, -0.25) is 0 Å². The molecule has 0 saturated carbocycles. The van der Waals surface area contributed by atoms with Gasteiger partial charge in [0.1, 0.15) is 0 Å². The molecule has 0 amide bonds. The van der Waals surface area contributed by atoms with Gasteiger partial charge in [0.25, 0.3) is 0 Å². The number of hydrogen-bond acceptors (Lipinski definition) is 1. The summed E-state index contributed by atoms with van der Waals surface area (Å²) in [4.78, 5) is 3.87. The van der Waals surface area contributed by atoms with Crippen LogP contribution in [-0.4, -0.2) is 4.98 Å². The van der Waals surface area contributed by atoms with Crippen molar-refractivity contribution in [3.63, 3.8) is 0 Å². The number of pyridine rings is 1. The van der Waals surface area contributed by atoms with Crippen LogP contribution in [0.1, 0.15) is 0 Å². The zero-order chi connectivity index (χ0) is 7.68. The fourth-order valence-electron chi connectivity index (χ4n) is 0.979. The maximum Gasteiger partial charge on any atom is 1.00 e. The average molecular weight is 185 g/mol. The largest absolute Gasteiger partial charge is 1.00 e. The molecule has 54 valence electrons. The van der Waals surface area contributed by atoms with Crippen LogP contribution in [0.5, 0.6) is 0 Å². The molecule has 0 N–H and O–H groups in total. The van der Waals surface area contributed by atoms with Gasteiger partial charge < -0.3 is 4.98 Å². The maximum absolute atomic E-state index is 12.5. The van der Waals surface area contributed by atoms with Crippen molar-refractivity contribution in [2.75, 3.05) is 0 Å². The second-order valence-corrected chi connectivity index (χ2v) is 2.25. The van der Waals surface area contributed by atoms with Crippen molar-refractivity contribution < 1.29 is 55.8 Å². The van der Waals surface area contributed by atoms with Crippen LogP contribution in [0.25, 0.3) is 10.9 Å². The van der Waals surface area contributed by atoms with Crippen molar-refractivity contribution in [3.8, 4) is 0 Å². The van der Waals surface area contributed by atoms with E-state index in [9.17, 15) is 4.39 Å². The molecular weight excluding hydrogens is 180 g/mol. The minimum absolute atomic E-state index is 0. The molecule has 0 fully saturated rings. The monoisotopic (exact) mass is 185 g/mol. The van der Waals surface area contributed by atoms with E-state index in [1.807, 2.05) is 18.2 Å². The Kier molecular flexibility index (Phi) is 3.80. The third kappa shape index (κ3) is 2.11. The Bertz CT molecular complexity index is 389. The topological polar surface area (TPSA) is 12.9 Å². The van der Waals surface area contributed by atoms with Gasteiger partial charge in [-0.25, -0.2) is 4.39 Å². The van der Waals surface area contributed by atoms with Crippen LogP contribution < -0.4 is 51.4 Å². The third-order valence-electron chi connectivity index (χ3n) is 1.48. The van der Waals surface area contributed by atoms with E-state index in [1.165, 1.54) is 6.20 Å². The molecule has 1 nitrogen and oxygen atoms in total. The van der Waals surface area contributed by atoms with Crippen LogP contribution in [0.15, 0.2) is 30.5 Å². The number of nitrogens with zero attached hydrogens (tertiary/aromatic N) is 1. The number of rotatable bonds is 0. The number of halogens is 1. The number of hydrogen-bond donors (Lipinski definition) is 0. The molecule has 0 aliphatic heterocycles. The predicted molar refractivity (Wildman–Crippen MR) is 40.5 cm³/mol. The first-order valence-corrected chi connectivity index (χ1v) is 3.29. The van der Waals surface area contributed by atoms with Crippen LogP contribution in [0, 0.1) is 11.9 Å². The number of benzene rings is 1. The molecule has 2 aromatic rings. The Morgan fingerprint density at radius 2 is 2.00 bits per heavy atom. The molecule has 0 unspecified atom stereocenters. The zero-order valence-corrected chi connectivity index (χ0v) is 9.84. The first-order valence-electron chi connectivity index (χ1n) is 3.29. The number of fused-ring (bicyclic) bond motifs is 1. The van der Waals surface area contributed by atoms with Crippen LogP contribution in [-0.2, 0) is 0 Å². The van der Waals surface area contributed by atoms with E-state index < -0.39 is 5.82 Å². The van der Waals surface area contributed by atoms with Crippen LogP contribution in [0.2, 0.25) is 0 Å². The van der Waals surface area contributed by atoms with E-state index >= 15 is 0 Å². The first-order chi connectivity index (χ1) is 5.36. The van der Waals surface area contributed by atoms with Crippen molar-refractivity contribution in [3.05, 3.63) is 42.3 Å². The molecule has 3 heteroatoms. The van der Waals surface area contributed by atoms with Crippen LogP contribution in [0.3, 0.4) is 0 Å². The van der Waals surface area contributed by atoms with Crippen molar-refractivity contribution >= 4 is 10.9 Å². The van der Waals surface area contributed by atoms with E-state index in [1.54, 1.807) is 6.07 Å². The summed E-state index contributed by atoms with van der Waals surface area (Å²) < 4.78 is 12.5. The number of para-hydroxylation sites is 1. The fraction of sp³-hybridized carbons (Fsp3) is 0. The standard InChI is InChI=1S/C9H5FN.K/c10-8-5-7-3-1-2-4-9(7)11-6-8;/h1-4,6H;/q-1;+1. The Morgan fingerprint density at radius 1 is 1.25 bits per heavy atom. The molecule has 0 saturated heterocycles. The second kappa shape index (κ2) is 4.44. The molecular formula is C9H5FKN. The van der Waals surface area contributed by atoms with Gasteiger partial charge in [-0.2, -0.15) is 0 Å². The fourth-order valence-corrected chi connectivity index (χ4v) is 0.979. The van der Waals surface area contributed by atoms with Gasteiger partial charge in [0, 0.05) is 0 Å². The van der Waals surface area contributed by atoms with Gasteiger partial charge in [0.15, 0.2) is 0 Å². The minimum atomic E-state index is -0.413. The van der Waals surface area contributed by atoms with Crippen molar-refractivity contribution in [2.24, 2.45) is 0 Å². The van der Waals surface area contributed by atoms with Gasteiger partial charge in [-0.15, -0.1) is 23.6 Å². The summed E-state index contributed by atoms with van der Waals surface area (Å²) in [7, 11) is 0. The summed E-state index contributed by atoms with van der Waals surface area (Å²) in [6.45, 7) is 0. The van der Waals surface area contributed by atoms with Crippen LogP contribution in [0.4, 0.5) is 4.39 Å². The maximum atomic E-state index is 12.5. The van der Waals surface area contributed by atoms with E-state index in [0.717, 1.165) is 5.52 Å². The number of aromatic nitrogens is 1. The van der Waals surface area contributed by atoms with Gasteiger partial charge in [0.05, 0.1) is 5.82 Å². The van der Waals surface area contributed by atoms with E-state index in [4.69, 9.17) is 0 Å². The first kappa shape index (κ1) is 10.3. The molecule has 0 bridgehead atoms. The summed E-state index contributed by atoms with van der Waals surface area (Å²) in [5, 5.41) is 0.715. The molecule has 0 spiro atoms. The Labute approximate surface area is 112 Å². The summed E-state index contributed by atoms with van der Waals surface area (Å²) in [5.41, 5.74) is 0.772. The SMILES string of the molecule is Fc1[c-]c2ccccc2nc1.[K+]. The van der Waals surface area contributed by atoms with E-state index in [-0.39, 0.29) is 51.4 Å². The van der Waals surface area contributed by atoms with Crippen molar-refractivity contribution in [1.29, 1.82) is 0 Å². The van der Waals surface area contributed by atoms with Crippen molar-refractivity contribution in [1.82, 2.24) is 4.98 Å². The molecule has 0 atom stereocenters.